The van der Waals surface area contributed by atoms with Gasteiger partial charge in [0.1, 0.15) is 11.4 Å². The maximum atomic E-state index is 12.8. The maximum absolute atomic E-state index is 12.8. The molecule has 1 heterocycles. The van der Waals surface area contributed by atoms with Crippen LogP contribution in [0.1, 0.15) is 11.1 Å². The van der Waals surface area contributed by atoms with Crippen LogP contribution in [-0.4, -0.2) is 16.9 Å². The number of nitrogens with zero attached hydrogens (tertiary/aromatic N) is 1. The number of hydrogen-bond acceptors (Lipinski definition) is 5. The quantitative estimate of drug-likeness (QED) is 0.328. The largest absolute Gasteiger partial charge is 0.449 e. The topological polar surface area (TPSA) is 111 Å². The molecular formula is C17H9ClF3N3O5. The van der Waals surface area contributed by atoms with E-state index in [-0.39, 0.29) is 16.5 Å². The second-order valence-electron chi connectivity index (χ2n) is 5.70. The van der Waals surface area contributed by atoms with Gasteiger partial charge in [0.2, 0.25) is 5.75 Å². The van der Waals surface area contributed by atoms with Gasteiger partial charge in [-0.25, -0.2) is 4.79 Å². The molecule has 1 saturated heterocycles. The van der Waals surface area contributed by atoms with Gasteiger partial charge in [-0.05, 0) is 35.9 Å². The summed E-state index contributed by atoms with van der Waals surface area (Å²) < 4.78 is 43.6. The van der Waals surface area contributed by atoms with E-state index in [1.54, 1.807) is 0 Å². The Kier molecular flexibility index (Phi) is 5.16. The molecule has 3 rings (SSSR count). The minimum atomic E-state index is -4.75. The second kappa shape index (κ2) is 7.43. The Morgan fingerprint density at radius 2 is 1.76 bits per heavy atom. The molecule has 1 fully saturated rings. The van der Waals surface area contributed by atoms with E-state index in [1.807, 2.05) is 5.32 Å². The minimum Gasteiger partial charge on any atom is -0.449 e. The fraction of sp³-hybridized carbons (Fsp3) is 0.0588. The summed E-state index contributed by atoms with van der Waals surface area (Å²) in [5, 5.41) is 15.4. The van der Waals surface area contributed by atoms with Crippen molar-refractivity contribution in [3.8, 4) is 11.5 Å². The number of alkyl halides is 3. The van der Waals surface area contributed by atoms with Crippen LogP contribution < -0.4 is 15.4 Å². The van der Waals surface area contributed by atoms with Gasteiger partial charge < -0.3 is 10.1 Å². The molecule has 1 aliphatic heterocycles. The number of carbonyl (C=O) groups excluding carboxylic acids is 2. The molecule has 0 aromatic heterocycles. The van der Waals surface area contributed by atoms with Gasteiger partial charge in [-0.1, -0.05) is 17.7 Å². The van der Waals surface area contributed by atoms with E-state index in [1.165, 1.54) is 24.3 Å². The lowest BCUT2D eigenvalue weighted by Crippen LogP contribution is -2.22. The number of nitrogens with one attached hydrogen (secondary N) is 2. The molecule has 150 valence electrons. The Balaban J connectivity index is 1.89. The summed E-state index contributed by atoms with van der Waals surface area (Å²) in [6.07, 6.45) is -3.42. The molecule has 0 unspecified atom stereocenters. The number of amides is 3. The van der Waals surface area contributed by atoms with E-state index < -0.39 is 40.0 Å². The van der Waals surface area contributed by atoms with Crippen LogP contribution in [0.15, 0.2) is 42.1 Å². The van der Waals surface area contributed by atoms with Gasteiger partial charge in [-0.2, -0.15) is 13.2 Å². The van der Waals surface area contributed by atoms with Crippen molar-refractivity contribution < 1.29 is 32.4 Å². The van der Waals surface area contributed by atoms with E-state index in [0.717, 1.165) is 6.07 Å². The Morgan fingerprint density at radius 1 is 1.07 bits per heavy atom. The lowest BCUT2D eigenvalue weighted by molar-refractivity contribution is -0.385. The highest BCUT2D eigenvalue weighted by Gasteiger charge is 2.33. The Hall–Kier alpha value is -3.60. The Bertz CT molecular complexity index is 1070. The number of imide groups is 1. The van der Waals surface area contributed by atoms with Crippen LogP contribution >= 0.6 is 11.6 Å². The number of ether oxygens (including phenoxy) is 1. The predicted molar refractivity (Wildman–Crippen MR) is 94.3 cm³/mol. The van der Waals surface area contributed by atoms with E-state index in [2.05, 4.69) is 5.32 Å². The molecule has 0 bridgehead atoms. The normalized spacial score (nSPS) is 15.2. The molecule has 1 aliphatic rings. The number of halogens is 4. The van der Waals surface area contributed by atoms with E-state index in [4.69, 9.17) is 16.3 Å². The monoisotopic (exact) mass is 427 g/mol. The highest BCUT2D eigenvalue weighted by molar-refractivity contribution is 6.32. The van der Waals surface area contributed by atoms with Crippen molar-refractivity contribution >= 4 is 35.3 Å². The van der Waals surface area contributed by atoms with Crippen molar-refractivity contribution in [1.82, 2.24) is 10.6 Å². The zero-order chi connectivity index (χ0) is 21.3. The van der Waals surface area contributed by atoms with Gasteiger partial charge in [0, 0.05) is 6.07 Å². The van der Waals surface area contributed by atoms with Crippen LogP contribution in [0.3, 0.4) is 0 Å². The summed E-state index contributed by atoms with van der Waals surface area (Å²) in [5.41, 5.74) is -1.69. The summed E-state index contributed by atoms with van der Waals surface area (Å²) >= 11 is 6.07. The number of nitro benzene ring substituents is 1. The van der Waals surface area contributed by atoms with Crippen molar-refractivity contribution in [2.45, 2.75) is 6.18 Å². The highest BCUT2D eigenvalue weighted by atomic mass is 35.5. The lowest BCUT2D eigenvalue weighted by atomic mass is 10.1. The van der Waals surface area contributed by atoms with Crippen LogP contribution in [-0.2, 0) is 11.0 Å². The van der Waals surface area contributed by atoms with Gasteiger partial charge in [-0.15, -0.1) is 0 Å². The fourth-order valence-electron chi connectivity index (χ4n) is 2.38. The van der Waals surface area contributed by atoms with E-state index in [9.17, 15) is 32.9 Å². The Morgan fingerprint density at radius 3 is 2.31 bits per heavy atom. The van der Waals surface area contributed by atoms with Crippen LogP contribution in [0.2, 0.25) is 5.02 Å². The average molecular weight is 428 g/mol. The molecule has 0 spiro atoms. The molecule has 2 aromatic rings. The number of nitro groups is 1. The molecule has 0 radical (unpaired) electrons. The van der Waals surface area contributed by atoms with E-state index >= 15 is 0 Å². The summed E-state index contributed by atoms with van der Waals surface area (Å²) in [7, 11) is 0. The van der Waals surface area contributed by atoms with Crippen molar-refractivity contribution in [2.24, 2.45) is 0 Å². The summed E-state index contributed by atoms with van der Waals surface area (Å²) in [4.78, 5) is 32.7. The van der Waals surface area contributed by atoms with Crippen molar-refractivity contribution in [3.05, 3.63) is 68.4 Å². The first-order valence-electron chi connectivity index (χ1n) is 7.71. The molecule has 2 aromatic carbocycles. The zero-order valence-corrected chi connectivity index (χ0v) is 14.8. The van der Waals surface area contributed by atoms with Gasteiger partial charge >= 0.3 is 17.9 Å². The summed E-state index contributed by atoms with van der Waals surface area (Å²) in [6.45, 7) is 0. The first kappa shape index (κ1) is 20.1. The molecule has 0 saturated carbocycles. The van der Waals surface area contributed by atoms with Crippen molar-refractivity contribution in [2.75, 3.05) is 0 Å². The summed E-state index contributed by atoms with van der Waals surface area (Å²) in [5.74, 6) is -1.12. The molecule has 8 nitrogen and oxygen atoms in total. The lowest BCUT2D eigenvalue weighted by Gasteiger charge is -2.11. The number of urea groups is 1. The maximum Gasteiger partial charge on any atom is 0.416 e. The molecule has 3 amide bonds. The van der Waals surface area contributed by atoms with Crippen LogP contribution in [0.25, 0.3) is 6.08 Å². The molecule has 0 atom stereocenters. The zero-order valence-electron chi connectivity index (χ0n) is 14.0. The van der Waals surface area contributed by atoms with Crippen molar-refractivity contribution in [1.29, 1.82) is 0 Å². The second-order valence-corrected chi connectivity index (χ2v) is 6.10. The molecular weight excluding hydrogens is 419 g/mol. The third kappa shape index (κ3) is 4.46. The first-order chi connectivity index (χ1) is 13.5. The number of hydrogen-bond donors (Lipinski definition) is 2. The molecule has 29 heavy (non-hydrogen) atoms. The fourth-order valence-corrected chi connectivity index (χ4v) is 2.61. The number of benzene rings is 2. The highest BCUT2D eigenvalue weighted by Crippen LogP contribution is 2.39. The van der Waals surface area contributed by atoms with E-state index in [0.29, 0.717) is 17.7 Å². The predicted octanol–water partition coefficient (Wildman–Crippen LogP) is 4.24. The van der Waals surface area contributed by atoms with Gasteiger partial charge in [0.25, 0.3) is 5.91 Å². The third-order valence-corrected chi connectivity index (χ3v) is 3.99. The Labute approximate surface area is 165 Å². The third-order valence-electron chi connectivity index (χ3n) is 3.69. The SMILES string of the molecule is O=C1NC(=O)C(=Cc2ccc(Oc3ccc(C(F)(F)F)cc3[N+](=O)[O-])c(Cl)c2)N1. The molecule has 2 N–H and O–H groups in total. The molecule has 12 heteroatoms. The smallest absolute Gasteiger partial charge is 0.416 e. The standard InChI is InChI=1S/C17H9ClF3N3O5/c18-10-5-8(6-11-15(25)23-16(26)22-11)1-3-13(10)29-14-4-2-9(17(19,20)21)7-12(14)24(27)28/h1-7H,(H2,22,23,25,26). The van der Waals surface area contributed by atoms with Crippen LogP contribution in [0.5, 0.6) is 11.5 Å². The minimum absolute atomic E-state index is 0.0156. The van der Waals surface area contributed by atoms with Gasteiger partial charge in [0.05, 0.1) is 15.5 Å². The van der Waals surface area contributed by atoms with Crippen LogP contribution in [0.4, 0.5) is 23.7 Å². The number of rotatable bonds is 4. The van der Waals surface area contributed by atoms with Gasteiger partial charge in [-0.3, -0.25) is 20.2 Å². The van der Waals surface area contributed by atoms with Gasteiger partial charge in [0.15, 0.2) is 0 Å². The summed E-state index contributed by atoms with van der Waals surface area (Å²) in [6, 6.07) is 5.25. The first-order valence-corrected chi connectivity index (χ1v) is 8.09. The average Bonchev–Trinajstić information content (AvgIpc) is 2.93. The van der Waals surface area contributed by atoms with Crippen molar-refractivity contribution in [3.63, 3.8) is 0 Å². The number of carbonyl (C=O) groups is 2. The van der Waals surface area contributed by atoms with Crippen LogP contribution in [0, 0.1) is 10.1 Å². The molecule has 0 aliphatic carbocycles.